The van der Waals surface area contributed by atoms with Gasteiger partial charge in [-0.1, -0.05) is 36.0 Å². The van der Waals surface area contributed by atoms with Crippen molar-refractivity contribution >= 4 is 17.7 Å². The maximum atomic E-state index is 12.9. The quantitative estimate of drug-likeness (QED) is 0.246. The molecule has 0 fully saturated rings. The summed E-state index contributed by atoms with van der Waals surface area (Å²) < 4.78 is 77.3. The van der Waals surface area contributed by atoms with E-state index in [-0.39, 0.29) is 6.42 Å². The fraction of sp³-hybridized carbons (Fsp3) is 0.238. The van der Waals surface area contributed by atoms with Crippen LogP contribution in [0.2, 0.25) is 0 Å². The van der Waals surface area contributed by atoms with Gasteiger partial charge in [-0.05, 0) is 30.7 Å². The zero-order chi connectivity index (χ0) is 23.5. The highest BCUT2D eigenvalue weighted by atomic mass is 32.2. The molecule has 1 heterocycles. The third-order valence-electron chi connectivity index (χ3n) is 4.47. The monoisotopic (exact) mass is 473 g/mol. The van der Waals surface area contributed by atoms with E-state index < -0.39 is 29.4 Å². The zero-order valence-electron chi connectivity index (χ0n) is 16.3. The van der Waals surface area contributed by atoms with Gasteiger partial charge in [-0.15, -0.1) is 0 Å². The molecule has 170 valence electrons. The van der Waals surface area contributed by atoms with Crippen LogP contribution in [0.1, 0.15) is 24.0 Å². The van der Waals surface area contributed by atoms with Gasteiger partial charge in [-0.3, -0.25) is 4.79 Å². The van der Waals surface area contributed by atoms with Crippen LogP contribution in [0.3, 0.4) is 0 Å². The first kappa shape index (κ1) is 23.7. The van der Waals surface area contributed by atoms with E-state index in [1.807, 2.05) is 0 Å². The Morgan fingerprint density at radius 1 is 0.875 bits per heavy atom. The summed E-state index contributed by atoms with van der Waals surface area (Å²) in [6.07, 6.45) is -8.32. The predicted molar refractivity (Wildman–Crippen MR) is 109 cm³/mol. The highest BCUT2D eigenvalue weighted by molar-refractivity contribution is 7.99. The van der Waals surface area contributed by atoms with Crippen molar-refractivity contribution in [3.8, 4) is 22.5 Å². The number of aromatic nitrogens is 2. The number of halogens is 6. The molecular weight excluding hydrogens is 456 g/mol. The third-order valence-corrected chi connectivity index (χ3v) is 5.43. The standard InChI is InChI=1S/C21H17F6N3OS/c22-20(23,24)14-7-3-12(4-8-14)17-18(13-5-9-15(10-6-13)21(25,26)27)30-19(29-17)32-11-1-2-16(28)31/h3-10H,1-2,11H2,(H2,28,31)(H,29,30). The second-order valence-corrected chi connectivity index (χ2v) is 7.92. The molecule has 1 aromatic heterocycles. The highest BCUT2D eigenvalue weighted by Gasteiger charge is 2.31. The largest absolute Gasteiger partial charge is 0.416 e. The zero-order valence-corrected chi connectivity index (χ0v) is 17.2. The van der Waals surface area contributed by atoms with Gasteiger partial charge in [0.25, 0.3) is 0 Å². The Bertz CT molecular complexity index is 998. The lowest BCUT2D eigenvalue weighted by Crippen LogP contribution is -2.09. The molecule has 3 rings (SSSR count). The molecule has 0 aliphatic heterocycles. The molecule has 0 unspecified atom stereocenters. The SMILES string of the molecule is NC(=O)CCCSc1nc(-c2ccc(C(F)(F)F)cc2)c(-c2ccc(C(F)(F)F)cc2)[nH]1. The lowest BCUT2D eigenvalue weighted by Gasteiger charge is -2.09. The molecule has 0 aliphatic rings. The molecule has 0 saturated heterocycles. The summed E-state index contributed by atoms with van der Waals surface area (Å²) >= 11 is 1.27. The summed E-state index contributed by atoms with van der Waals surface area (Å²) in [6, 6.07) is 8.73. The molecule has 0 spiro atoms. The number of thioether (sulfide) groups is 1. The number of nitrogens with two attached hydrogens (primary N) is 1. The average Bonchev–Trinajstić information content (AvgIpc) is 3.14. The summed E-state index contributed by atoms with van der Waals surface area (Å²) in [4.78, 5) is 18.3. The van der Waals surface area contributed by atoms with Crippen molar-refractivity contribution in [2.75, 3.05) is 5.75 Å². The van der Waals surface area contributed by atoms with Crippen molar-refractivity contribution < 1.29 is 31.1 Å². The minimum absolute atomic E-state index is 0.186. The Hall–Kier alpha value is -2.95. The Morgan fingerprint density at radius 2 is 1.38 bits per heavy atom. The van der Waals surface area contributed by atoms with Crippen molar-refractivity contribution in [2.24, 2.45) is 5.73 Å². The van der Waals surface area contributed by atoms with Gasteiger partial charge in [0.05, 0.1) is 22.5 Å². The molecule has 0 atom stereocenters. The second kappa shape index (κ2) is 9.27. The molecule has 3 N–H and O–H groups in total. The van der Waals surface area contributed by atoms with Crippen LogP contribution in [-0.4, -0.2) is 21.6 Å². The minimum Gasteiger partial charge on any atom is -0.370 e. The van der Waals surface area contributed by atoms with E-state index in [1.54, 1.807) is 0 Å². The van der Waals surface area contributed by atoms with Crippen LogP contribution >= 0.6 is 11.8 Å². The van der Waals surface area contributed by atoms with Gasteiger partial charge >= 0.3 is 12.4 Å². The summed E-state index contributed by atoms with van der Waals surface area (Å²) in [5, 5.41) is 0.416. The van der Waals surface area contributed by atoms with Gasteiger partial charge in [-0.25, -0.2) is 4.98 Å². The number of primary amides is 1. The Morgan fingerprint density at radius 3 is 1.84 bits per heavy atom. The van der Waals surface area contributed by atoms with Crippen LogP contribution < -0.4 is 5.73 Å². The summed E-state index contributed by atoms with van der Waals surface area (Å²) in [7, 11) is 0. The first-order chi connectivity index (χ1) is 14.9. The maximum Gasteiger partial charge on any atom is 0.416 e. The molecule has 0 bridgehead atoms. The molecular formula is C21H17F6N3OS. The number of nitrogens with zero attached hydrogens (tertiary/aromatic N) is 1. The normalized spacial score (nSPS) is 12.2. The number of aromatic amines is 1. The van der Waals surface area contributed by atoms with Crippen molar-refractivity contribution in [1.29, 1.82) is 0 Å². The number of alkyl halides is 6. The molecule has 32 heavy (non-hydrogen) atoms. The fourth-order valence-electron chi connectivity index (χ4n) is 2.90. The molecule has 3 aromatic rings. The number of rotatable bonds is 7. The van der Waals surface area contributed by atoms with E-state index in [1.165, 1.54) is 36.0 Å². The second-order valence-electron chi connectivity index (χ2n) is 6.83. The van der Waals surface area contributed by atoms with Gasteiger partial charge in [0, 0.05) is 23.3 Å². The third kappa shape index (κ3) is 5.84. The van der Waals surface area contributed by atoms with E-state index in [0.29, 0.717) is 39.8 Å². The van der Waals surface area contributed by atoms with Crippen molar-refractivity contribution in [3.63, 3.8) is 0 Å². The first-order valence-electron chi connectivity index (χ1n) is 9.31. The number of carbonyl (C=O) groups is 1. The van der Waals surface area contributed by atoms with Gasteiger partial charge in [-0.2, -0.15) is 26.3 Å². The van der Waals surface area contributed by atoms with E-state index >= 15 is 0 Å². The van der Waals surface area contributed by atoms with Crippen molar-refractivity contribution in [2.45, 2.75) is 30.4 Å². The van der Waals surface area contributed by atoms with Crippen LogP contribution in [0.5, 0.6) is 0 Å². The first-order valence-corrected chi connectivity index (χ1v) is 10.3. The molecule has 4 nitrogen and oxygen atoms in total. The van der Waals surface area contributed by atoms with E-state index in [9.17, 15) is 31.1 Å². The molecule has 0 aliphatic carbocycles. The van der Waals surface area contributed by atoms with Crippen LogP contribution in [0.15, 0.2) is 53.7 Å². The number of benzene rings is 2. The lowest BCUT2D eigenvalue weighted by molar-refractivity contribution is -0.138. The summed E-state index contributed by atoms with van der Waals surface area (Å²) in [6.45, 7) is 0. The average molecular weight is 473 g/mol. The smallest absolute Gasteiger partial charge is 0.370 e. The maximum absolute atomic E-state index is 12.9. The van der Waals surface area contributed by atoms with Crippen LogP contribution in [-0.2, 0) is 17.1 Å². The van der Waals surface area contributed by atoms with E-state index in [4.69, 9.17) is 5.73 Å². The van der Waals surface area contributed by atoms with Gasteiger partial charge in [0.2, 0.25) is 5.91 Å². The minimum atomic E-state index is -4.50. The van der Waals surface area contributed by atoms with Crippen LogP contribution in [0.4, 0.5) is 26.3 Å². The van der Waals surface area contributed by atoms with E-state index in [0.717, 1.165) is 24.3 Å². The van der Waals surface area contributed by atoms with Gasteiger partial charge in [0.15, 0.2) is 5.16 Å². The fourth-order valence-corrected chi connectivity index (χ4v) is 3.71. The summed E-state index contributed by atoms with van der Waals surface area (Å²) in [5.41, 5.74) is 4.89. The molecule has 0 radical (unpaired) electrons. The predicted octanol–water partition coefficient (Wildman–Crippen LogP) is 6.14. The molecule has 0 saturated carbocycles. The number of imidazole rings is 1. The summed E-state index contributed by atoms with van der Waals surface area (Å²) in [5.74, 6) is 0.0518. The lowest BCUT2D eigenvalue weighted by atomic mass is 10.0. The van der Waals surface area contributed by atoms with E-state index in [2.05, 4.69) is 9.97 Å². The number of nitrogens with one attached hydrogen (secondary N) is 1. The molecule has 11 heteroatoms. The molecule has 2 aromatic carbocycles. The Kier molecular flexibility index (Phi) is 6.87. The Balaban J connectivity index is 1.96. The number of H-pyrrole nitrogens is 1. The number of amides is 1. The number of hydrogen-bond donors (Lipinski definition) is 2. The van der Waals surface area contributed by atoms with Crippen LogP contribution in [0, 0.1) is 0 Å². The van der Waals surface area contributed by atoms with Gasteiger partial charge in [0.1, 0.15) is 0 Å². The molecule has 1 amide bonds. The Labute approximate surface area is 183 Å². The number of hydrogen-bond acceptors (Lipinski definition) is 3. The van der Waals surface area contributed by atoms with Crippen molar-refractivity contribution in [1.82, 2.24) is 9.97 Å². The van der Waals surface area contributed by atoms with Crippen molar-refractivity contribution in [3.05, 3.63) is 59.7 Å². The van der Waals surface area contributed by atoms with Gasteiger partial charge < -0.3 is 10.7 Å². The highest BCUT2D eigenvalue weighted by Crippen LogP contribution is 2.37. The topological polar surface area (TPSA) is 71.8 Å². The van der Waals surface area contributed by atoms with Crippen LogP contribution in [0.25, 0.3) is 22.5 Å². The number of carbonyl (C=O) groups excluding carboxylic acids is 1.